The van der Waals surface area contributed by atoms with Crippen molar-refractivity contribution in [2.24, 2.45) is 0 Å². The number of para-hydroxylation sites is 1. The molecular formula is C15H9Cl2FO. The second-order valence-corrected chi connectivity index (χ2v) is 5.00. The summed E-state index contributed by atoms with van der Waals surface area (Å²) in [6.45, 7) is 0. The molecule has 1 heterocycles. The van der Waals surface area contributed by atoms with Crippen LogP contribution in [0.15, 0.2) is 48.5 Å². The first-order valence-electron chi connectivity index (χ1n) is 5.74. The average Bonchev–Trinajstić information content (AvgIpc) is 2.38. The third-order valence-corrected chi connectivity index (χ3v) is 3.64. The van der Waals surface area contributed by atoms with Crippen LogP contribution in [0, 0.1) is 5.82 Å². The van der Waals surface area contributed by atoms with Gasteiger partial charge in [-0.1, -0.05) is 41.4 Å². The molecule has 1 aliphatic heterocycles. The van der Waals surface area contributed by atoms with Crippen molar-refractivity contribution < 1.29 is 9.13 Å². The molecule has 96 valence electrons. The van der Waals surface area contributed by atoms with Gasteiger partial charge in [-0.3, -0.25) is 0 Å². The Hall–Kier alpha value is -1.51. The van der Waals surface area contributed by atoms with Gasteiger partial charge in [0.25, 0.3) is 0 Å². The van der Waals surface area contributed by atoms with Crippen molar-refractivity contribution in [1.82, 2.24) is 0 Å². The third kappa shape index (κ3) is 2.22. The quantitative estimate of drug-likeness (QED) is 0.703. The molecule has 2 aromatic carbocycles. The minimum atomic E-state index is -0.615. The highest BCUT2D eigenvalue weighted by Crippen LogP contribution is 2.41. The van der Waals surface area contributed by atoms with Crippen molar-refractivity contribution in [3.63, 3.8) is 0 Å². The van der Waals surface area contributed by atoms with Gasteiger partial charge in [-0.15, -0.1) is 0 Å². The van der Waals surface area contributed by atoms with E-state index >= 15 is 0 Å². The van der Waals surface area contributed by atoms with E-state index < -0.39 is 11.9 Å². The number of rotatable bonds is 1. The first-order chi connectivity index (χ1) is 9.16. The topological polar surface area (TPSA) is 9.23 Å². The van der Waals surface area contributed by atoms with Crippen molar-refractivity contribution in [3.8, 4) is 5.75 Å². The van der Waals surface area contributed by atoms with E-state index in [1.807, 2.05) is 18.2 Å². The zero-order valence-corrected chi connectivity index (χ0v) is 11.3. The van der Waals surface area contributed by atoms with Crippen molar-refractivity contribution in [2.45, 2.75) is 6.10 Å². The van der Waals surface area contributed by atoms with Gasteiger partial charge in [0.15, 0.2) is 0 Å². The molecule has 0 saturated heterocycles. The number of halogens is 3. The van der Waals surface area contributed by atoms with E-state index in [4.69, 9.17) is 27.9 Å². The molecule has 0 bridgehead atoms. The fourth-order valence-corrected chi connectivity index (χ4v) is 2.63. The van der Waals surface area contributed by atoms with Gasteiger partial charge in [-0.05, 0) is 30.3 Å². The minimum absolute atomic E-state index is 0.303. The van der Waals surface area contributed by atoms with Crippen LogP contribution in [-0.2, 0) is 0 Å². The van der Waals surface area contributed by atoms with Gasteiger partial charge in [-0.2, -0.15) is 0 Å². The summed E-state index contributed by atoms with van der Waals surface area (Å²) in [5, 5.41) is 0.858. The minimum Gasteiger partial charge on any atom is -0.481 e. The van der Waals surface area contributed by atoms with Crippen molar-refractivity contribution in [2.75, 3.05) is 0 Å². The Kier molecular flexibility index (Phi) is 3.21. The molecule has 0 amide bonds. The number of benzene rings is 2. The largest absolute Gasteiger partial charge is 0.481 e. The van der Waals surface area contributed by atoms with E-state index in [1.54, 1.807) is 24.3 Å². The summed E-state index contributed by atoms with van der Waals surface area (Å²) in [5.74, 6) is 0.219. The standard InChI is InChI=1S/C15H9Cl2FO/c16-10-5-3-6-12(18)15(10)14-8-11(17)9-4-1-2-7-13(9)19-14/h1-8,14H. The maximum atomic E-state index is 13.9. The second kappa shape index (κ2) is 4.87. The van der Waals surface area contributed by atoms with Crippen molar-refractivity contribution in [3.05, 3.63) is 70.5 Å². The van der Waals surface area contributed by atoms with Gasteiger partial charge in [0.2, 0.25) is 0 Å². The highest BCUT2D eigenvalue weighted by Gasteiger charge is 2.24. The summed E-state index contributed by atoms with van der Waals surface area (Å²) < 4.78 is 19.7. The predicted molar refractivity (Wildman–Crippen MR) is 75.1 cm³/mol. The first-order valence-corrected chi connectivity index (χ1v) is 6.49. The van der Waals surface area contributed by atoms with Gasteiger partial charge in [0.05, 0.1) is 15.6 Å². The van der Waals surface area contributed by atoms with Gasteiger partial charge >= 0.3 is 0 Å². The average molecular weight is 295 g/mol. The fraction of sp³-hybridized carbons (Fsp3) is 0.0667. The van der Waals surface area contributed by atoms with E-state index in [9.17, 15) is 4.39 Å². The lowest BCUT2D eigenvalue weighted by molar-refractivity contribution is 0.246. The summed E-state index contributed by atoms with van der Waals surface area (Å²) in [6, 6.07) is 11.9. The summed E-state index contributed by atoms with van der Waals surface area (Å²) in [4.78, 5) is 0. The lowest BCUT2D eigenvalue weighted by atomic mass is 10.0. The number of hydrogen-bond acceptors (Lipinski definition) is 1. The highest BCUT2D eigenvalue weighted by molar-refractivity contribution is 6.49. The Morgan fingerprint density at radius 2 is 1.79 bits per heavy atom. The maximum absolute atomic E-state index is 13.9. The molecule has 3 rings (SSSR count). The van der Waals surface area contributed by atoms with E-state index in [-0.39, 0.29) is 0 Å². The van der Waals surface area contributed by atoms with Crippen LogP contribution >= 0.6 is 23.2 Å². The summed E-state index contributed by atoms with van der Waals surface area (Å²) >= 11 is 12.3. The molecule has 1 nitrogen and oxygen atoms in total. The molecule has 2 aromatic rings. The van der Waals surface area contributed by atoms with E-state index in [0.717, 1.165) is 5.56 Å². The van der Waals surface area contributed by atoms with E-state index in [0.29, 0.717) is 21.4 Å². The summed E-state index contributed by atoms with van der Waals surface area (Å²) in [5.41, 5.74) is 1.10. The smallest absolute Gasteiger partial charge is 0.148 e. The summed E-state index contributed by atoms with van der Waals surface area (Å²) in [6.07, 6.45) is 1.05. The lowest BCUT2D eigenvalue weighted by Crippen LogP contribution is -2.12. The molecule has 1 aliphatic rings. The molecule has 1 atom stereocenters. The Morgan fingerprint density at radius 1 is 1.00 bits per heavy atom. The molecule has 19 heavy (non-hydrogen) atoms. The first kappa shape index (κ1) is 12.5. The second-order valence-electron chi connectivity index (χ2n) is 4.18. The van der Waals surface area contributed by atoms with Gasteiger partial charge in [-0.25, -0.2) is 4.39 Å². The third-order valence-electron chi connectivity index (χ3n) is 2.98. The van der Waals surface area contributed by atoms with Crippen LogP contribution in [-0.4, -0.2) is 0 Å². The number of ether oxygens (including phenoxy) is 1. The van der Waals surface area contributed by atoms with E-state index in [2.05, 4.69) is 0 Å². The van der Waals surface area contributed by atoms with Crippen LogP contribution in [0.5, 0.6) is 5.75 Å². The Bertz CT molecular complexity index is 647. The maximum Gasteiger partial charge on any atom is 0.148 e. The molecule has 0 aromatic heterocycles. The molecule has 0 N–H and O–H groups in total. The van der Waals surface area contributed by atoms with Gasteiger partial charge in [0.1, 0.15) is 17.7 Å². The molecule has 0 radical (unpaired) electrons. The molecule has 0 saturated carbocycles. The molecule has 0 fully saturated rings. The number of fused-ring (bicyclic) bond motifs is 1. The molecule has 1 unspecified atom stereocenters. The highest BCUT2D eigenvalue weighted by atomic mass is 35.5. The monoisotopic (exact) mass is 294 g/mol. The zero-order chi connectivity index (χ0) is 13.4. The van der Waals surface area contributed by atoms with Crippen LogP contribution in [0.25, 0.3) is 5.03 Å². The van der Waals surface area contributed by atoms with Crippen LogP contribution in [0.4, 0.5) is 4.39 Å². The normalized spacial score (nSPS) is 17.4. The summed E-state index contributed by atoms with van der Waals surface area (Å²) in [7, 11) is 0. The fourth-order valence-electron chi connectivity index (χ4n) is 2.08. The molecule has 0 aliphatic carbocycles. The van der Waals surface area contributed by atoms with Crippen LogP contribution < -0.4 is 4.74 Å². The predicted octanol–water partition coefficient (Wildman–Crippen LogP) is 5.19. The van der Waals surface area contributed by atoms with Crippen LogP contribution in [0.1, 0.15) is 17.2 Å². The van der Waals surface area contributed by atoms with Crippen LogP contribution in [0.3, 0.4) is 0 Å². The lowest BCUT2D eigenvalue weighted by Gasteiger charge is -2.24. The van der Waals surface area contributed by atoms with E-state index in [1.165, 1.54) is 6.07 Å². The molecular weight excluding hydrogens is 286 g/mol. The Balaban J connectivity index is 2.09. The van der Waals surface area contributed by atoms with Crippen molar-refractivity contribution >= 4 is 28.2 Å². The van der Waals surface area contributed by atoms with Gasteiger partial charge < -0.3 is 4.74 Å². The Labute approximate surface area is 120 Å². The zero-order valence-electron chi connectivity index (χ0n) is 9.74. The van der Waals surface area contributed by atoms with Crippen molar-refractivity contribution in [1.29, 1.82) is 0 Å². The molecule has 4 heteroatoms. The number of hydrogen-bond donors (Lipinski definition) is 0. The SMILES string of the molecule is Fc1cccc(Cl)c1C1C=C(Cl)c2ccccc2O1. The Morgan fingerprint density at radius 3 is 2.58 bits per heavy atom. The van der Waals surface area contributed by atoms with Crippen LogP contribution in [0.2, 0.25) is 5.02 Å². The molecule has 0 spiro atoms. The van der Waals surface area contributed by atoms with Gasteiger partial charge in [0, 0.05) is 5.56 Å².